The number of nitrogens with zero attached hydrogens (tertiary/aromatic N) is 4. The SMILES string of the molecule is [N-]=[N+]=Nc1ccc(F)cn1. The lowest BCUT2D eigenvalue weighted by Crippen LogP contribution is -1.74. The number of rotatable bonds is 1. The Balaban J connectivity index is 3.00. The van der Waals surface area contributed by atoms with Crippen LogP contribution in [-0.4, -0.2) is 4.98 Å². The third-order valence-electron chi connectivity index (χ3n) is 0.859. The van der Waals surface area contributed by atoms with E-state index in [2.05, 4.69) is 15.0 Å². The third kappa shape index (κ3) is 1.43. The number of halogens is 1. The van der Waals surface area contributed by atoms with E-state index in [0.717, 1.165) is 6.20 Å². The van der Waals surface area contributed by atoms with E-state index >= 15 is 0 Å². The monoisotopic (exact) mass is 138 g/mol. The van der Waals surface area contributed by atoms with Gasteiger partial charge in [0.1, 0.15) is 11.6 Å². The minimum Gasteiger partial charge on any atom is -0.252 e. The van der Waals surface area contributed by atoms with Crippen molar-refractivity contribution in [2.24, 2.45) is 5.11 Å². The third-order valence-corrected chi connectivity index (χ3v) is 0.859. The highest BCUT2D eigenvalue weighted by molar-refractivity contribution is 5.25. The average molecular weight is 138 g/mol. The summed E-state index contributed by atoms with van der Waals surface area (Å²) in [5, 5.41) is 3.15. The van der Waals surface area contributed by atoms with Crippen LogP contribution in [0.2, 0.25) is 0 Å². The molecule has 0 aromatic carbocycles. The fourth-order valence-corrected chi connectivity index (χ4v) is 0.473. The van der Waals surface area contributed by atoms with E-state index < -0.39 is 5.82 Å². The van der Waals surface area contributed by atoms with Crippen LogP contribution in [0.25, 0.3) is 10.4 Å². The zero-order valence-corrected chi connectivity index (χ0v) is 4.90. The van der Waals surface area contributed by atoms with E-state index in [0.29, 0.717) is 0 Å². The Morgan fingerprint density at radius 2 is 2.40 bits per heavy atom. The molecule has 0 atom stereocenters. The Hall–Kier alpha value is -1.61. The number of hydrogen-bond donors (Lipinski definition) is 0. The van der Waals surface area contributed by atoms with E-state index in [1.54, 1.807) is 0 Å². The predicted molar refractivity (Wildman–Crippen MR) is 33.0 cm³/mol. The summed E-state index contributed by atoms with van der Waals surface area (Å²) >= 11 is 0. The van der Waals surface area contributed by atoms with Gasteiger partial charge in [-0.05, 0) is 22.8 Å². The summed E-state index contributed by atoms with van der Waals surface area (Å²) in [5.74, 6) is -0.277. The summed E-state index contributed by atoms with van der Waals surface area (Å²) in [6.07, 6.45) is 0.990. The molecule has 5 heteroatoms. The van der Waals surface area contributed by atoms with Crippen molar-refractivity contribution in [3.63, 3.8) is 0 Å². The molecule has 0 saturated heterocycles. The van der Waals surface area contributed by atoms with E-state index in [9.17, 15) is 4.39 Å². The van der Waals surface area contributed by atoms with Gasteiger partial charge in [-0.2, -0.15) is 0 Å². The van der Waals surface area contributed by atoms with E-state index in [-0.39, 0.29) is 5.82 Å². The molecule has 0 spiro atoms. The van der Waals surface area contributed by atoms with Crippen LogP contribution in [0.15, 0.2) is 23.4 Å². The quantitative estimate of drug-likeness (QED) is 0.333. The molecule has 1 heterocycles. The Bertz CT molecular complexity index is 261. The maximum Gasteiger partial charge on any atom is 0.141 e. The highest BCUT2D eigenvalue weighted by Crippen LogP contribution is 2.06. The molecule has 0 aliphatic carbocycles. The maximum absolute atomic E-state index is 12.1. The second-order valence-corrected chi connectivity index (χ2v) is 1.52. The fourth-order valence-electron chi connectivity index (χ4n) is 0.473. The van der Waals surface area contributed by atoms with Crippen LogP contribution < -0.4 is 0 Å². The van der Waals surface area contributed by atoms with Crippen LogP contribution in [-0.2, 0) is 0 Å². The van der Waals surface area contributed by atoms with Crippen LogP contribution in [0.5, 0.6) is 0 Å². The van der Waals surface area contributed by atoms with E-state index in [4.69, 9.17) is 5.53 Å². The highest BCUT2D eigenvalue weighted by atomic mass is 19.1. The molecule has 0 radical (unpaired) electrons. The molecule has 50 valence electrons. The normalized spacial score (nSPS) is 8.50. The largest absolute Gasteiger partial charge is 0.252 e. The summed E-state index contributed by atoms with van der Waals surface area (Å²) in [4.78, 5) is 5.95. The molecule has 1 aromatic heterocycles. The number of azide groups is 1. The second-order valence-electron chi connectivity index (χ2n) is 1.52. The molecule has 1 aromatic rings. The summed E-state index contributed by atoms with van der Waals surface area (Å²) in [7, 11) is 0. The van der Waals surface area contributed by atoms with Gasteiger partial charge in [-0.3, -0.25) is 4.98 Å². The zero-order valence-electron chi connectivity index (χ0n) is 4.90. The van der Waals surface area contributed by atoms with Crippen molar-refractivity contribution < 1.29 is 4.39 Å². The molecular formula is C5H3FN4. The maximum atomic E-state index is 12.1. The van der Waals surface area contributed by atoms with Gasteiger partial charge in [0, 0.05) is 4.91 Å². The van der Waals surface area contributed by atoms with Gasteiger partial charge >= 0.3 is 0 Å². The molecular weight excluding hydrogens is 135 g/mol. The zero-order chi connectivity index (χ0) is 7.40. The lowest BCUT2D eigenvalue weighted by molar-refractivity contribution is 0.621. The molecule has 0 unspecified atom stereocenters. The van der Waals surface area contributed by atoms with Gasteiger partial charge in [-0.15, -0.1) is 0 Å². The molecule has 10 heavy (non-hydrogen) atoms. The van der Waals surface area contributed by atoms with Crippen molar-refractivity contribution in [3.05, 3.63) is 34.6 Å². The van der Waals surface area contributed by atoms with Crippen molar-refractivity contribution in [3.8, 4) is 0 Å². The Morgan fingerprint density at radius 3 is 2.90 bits per heavy atom. The topological polar surface area (TPSA) is 61.7 Å². The molecule has 0 aliphatic rings. The van der Waals surface area contributed by atoms with Gasteiger partial charge in [0.05, 0.1) is 6.20 Å². The first-order valence-corrected chi connectivity index (χ1v) is 2.49. The highest BCUT2D eigenvalue weighted by Gasteiger charge is 1.88. The summed E-state index contributed by atoms with van der Waals surface area (Å²) in [6.45, 7) is 0. The average Bonchev–Trinajstić information content (AvgIpc) is 1.95. The van der Waals surface area contributed by atoms with Crippen LogP contribution in [0.1, 0.15) is 0 Å². The summed E-state index contributed by atoms with van der Waals surface area (Å²) < 4.78 is 12.1. The molecule has 0 saturated carbocycles. The number of aromatic nitrogens is 1. The summed E-state index contributed by atoms with van der Waals surface area (Å²) in [6, 6.07) is 2.48. The molecule has 4 nitrogen and oxygen atoms in total. The van der Waals surface area contributed by atoms with Crippen molar-refractivity contribution in [2.45, 2.75) is 0 Å². The fraction of sp³-hybridized carbons (Fsp3) is 0. The van der Waals surface area contributed by atoms with E-state index in [1.165, 1.54) is 12.1 Å². The van der Waals surface area contributed by atoms with Crippen molar-refractivity contribution >= 4 is 5.82 Å². The second kappa shape index (κ2) is 2.80. The van der Waals surface area contributed by atoms with Crippen LogP contribution in [0, 0.1) is 5.82 Å². The van der Waals surface area contributed by atoms with Gasteiger partial charge in [-0.25, -0.2) is 4.39 Å². The van der Waals surface area contributed by atoms with Crippen molar-refractivity contribution in [1.29, 1.82) is 0 Å². The first kappa shape index (κ1) is 6.51. The minimum absolute atomic E-state index is 0.170. The number of pyridine rings is 1. The first-order valence-electron chi connectivity index (χ1n) is 2.49. The Kier molecular flexibility index (Phi) is 1.82. The smallest absolute Gasteiger partial charge is 0.141 e. The Morgan fingerprint density at radius 1 is 1.60 bits per heavy atom. The molecule has 0 aliphatic heterocycles. The lowest BCUT2D eigenvalue weighted by Gasteiger charge is -1.86. The molecule has 0 amide bonds. The molecule has 0 N–H and O–H groups in total. The van der Waals surface area contributed by atoms with Crippen molar-refractivity contribution in [2.75, 3.05) is 0 Å². The minimum atomic E-state index is -0.447. The summed E-state index contributed by atoms with van der Waals surface area (Å²) in [5.41, 5.74) is 7.91. The number of hydrogen-bond acceptors (Lipinski definition) is 2. The Labute approximate surface area is 56.0 Å². The van der Waals surface area contributed by atoms with Crippen molar-refractivity contribution in [1.82, 2.24) is 4.98 Å². The predicted octanol–water partition coefficient (Wildman–Crippen LogP) is 2.16. The van der Waals surface area contributed by atoms with Gasteiger partial charge < -0.3 is 0 Å². The van der Waals surface area contributed by atoms with Gasteiger partial charge in [0.25, 0.3) is 0 Å². The van der Waals surface area contributed by atoms with E-state index in [1.807, 2.05) is 0 Å². The lowest BCUT2D eigenvalue weighted by atomic mass is 10.4. The standard InChI is InChI=1S/C5H3FN4/c6-4-1-2-5(8-3-4)9-10-7/h1-3H. The van der Waals surface area contributed by atoms with Crippen LogP contribution in [0.3, 0.4) is 0 Å². The van der Waals surface area contributed by atoms with Gasteiger partial charge in [0.15, 0.2) is 0 Å². The van der Waals surface area contributed by atoms with Crippen LogP contribution >= 0.6 is 0 Å². The van der Waals surface area contributed by atoms with Gasteiger partial charge in [-0.1, -0.05) is 0 Å². The van der Waals surface area contributed by atoms with Gasteiger partial charge in [0.2, 0.25) is 0 Å². The van der Waals surface area contributed by atoms with Crippen LogP contribution in [0.4, 0.5) is 10.2 Å². The molecule has 0 bridgehead atoms. The first-order chi connectivity index (χ1) is 4.83. The molecule has 0 fully saturated rings. The molecule has 1 rings (SSSR count).